The van der Waals surface area contributed by atoms with Gasteiger partial charge in [0.25, 0.3) is 0 Å². The number of pyridine rings is 2. The number of rotatable bonds is 21. The number of nitrogens with one attached hydrogen (secondary N) is 3. The first kappa shape index (κ1) is 96.4. The fourth-order valence-electron chi connectivity index (χ4n) is 16.8. The minimum absolute atomic E-state index is 0.0461. The fourth-order valence-corrected chi connectivity index (χ4v) is 19.2. The van der Waals surface area contributed by atoms with Crippen LogP contribution in [0.2, 0.25) is 30.4 Å². The first-order chi connectivity index (χ1) is 63.3. The average Bonchev–Trinajstić information content (AvgIpc) is 1.66. The molecule has 6 N–H and O–H groups in total. The standard InChI is InChI=1S/C22H20Cl2N4O2.C22H18Cl2N4O.C19H20ClNO3.C17H16ClNO3.C12H14BrNO2.C8H8BrN/c1-30-14-5-6-16(18(23)9-14)15-4-2-3-13-10-28(11-17(13)15)12-21(29)26-19-7-8-20(24)27-22(19)25;1-29-14-5-6-16(18(23)9-14)15-4-2-3-13-10-28(11-17(13)15)12-21-25-19-7-8-20(24)26-22(19)27-21;1-3-24-19(22)12-21-10-13-5-4-6-15(17(13)11-21)16-8-7-14(23-2)9-18(16)20;1-22-12-5-6-14(16(18)7-12)13-4-2-3-11-8-19(9-15(11)13)10-17(20)21;1-2-16-12(15)8-14-6-9-4-3-5-11(13)10(9)7-14;9-8-3-1-2-6-4-10-5-7(6)8/h2-9H,10-12H2,1H3,(H2,25,27)(H,26,29);2-9H,10-12H2,1H3,(H,25,26,27);4-9H,3,10-12H2,1-2H3;2-7H,8-10H2,1H3,(H,20,21);3-5H,2,6-8H2,1H3;1-3,10H,4-5H2. The molecule has 6 aliphatic heterocycles. The Labute approximate surface area is 807 Å². The number of carbonyl (C=O) groups excluding carboxylic acids is 3. The lowest BCUT2D eigenvalue weighted by Crippen LogP contribution is -2.29. The summed E-state index contributed by atoms with van der Waals surface area (Å²) >= 11 is 44.7. The molecule has 131 heavy (non-hydrogen) atoms. The number of anilines is 2. The topological polar surface area (TPSA) is 265 Å². The van der Waals surface area contributed by atoms with E-state index in [1.807, 2.05) is 128 Å². The Balaban J connectivity index is 0.000000130. The number of aliphatic carboxylic acids is 1. The molecule has 0 spiro atoms. The molecule has 10 aromatic carbocycles. The summed E-state index contributed by atoms with van der Waals surface area (Å²) in [6.45, 7) is 15.6. The van der Waals surface area contributed by atoms with E-state index in [9.17, 15) is 19.2 Å². The number of carboxylic acids is 1. The Morgan fingerprint density at radius 1 is 0.405 bits per heavy atom. The zero-order valence-corrected chi connectivity index (χ0v) is 80.5. The first-order valence-corrected chi connectivity index (χ1v) is 46.1. The molecule has 1 amide bonds. The quantitative estimate of drug-likeness (QED) is 0.0331. The van der Waals surface area contributed by atoms with E-state index in [1.165, 1.54) is 60.1 Å². The Hall–Kier alpha value is -10.7. The highest BCUT2D eigenvalue weighted by atomic mass is 79.9. The Bertz CT molecular complexity index is 6370. The zero-order valence-electron chi connectivity index (χ0n) is 72.8. The maximum absolute atomic E-state index is 12.5. The second-order valence-electron chi connectivity index (χ2n) is 31.5. The van der Waals surface area contributed by atoms with Gasteiger partial charge in [0.1, 0.15) is 44.9 Å². The van der Waals surface area contributed by atoms with Crippen molar-refractivity contribution in [2.24, 2.45) is 0 Å². The number of carbonyl (C=O) groups is 4. The summed E-state index contributed by atoms with van der Waals surface area (Å²) in [5.41, 5.74) is 31.2. The van der Waals surface area contributed by atoms with Crippen molar-refractivity contribution in [3.8, 4) is 67.5 Å². The van der Waals surface area contributed by atoms with Crippen LogP contribution in [0.1, 0.15) is 86.4 Å². The van der Waals surface area contributed by atoms with Crippen LogP contribution in [0.3, 0.4) is 0 Å². The number of amides is 1. The molecule has 9 heterocycles. The highest BCUT2D eigenvalue weighted by Gasteiger charge is 2.31. The maximum atomic E-state index is 12.5. The van der Waals surface area contributed by atoms with Crippen molar-refractivity contribution in [2.75, 3.05) is 78.9 Å². The monoisotopic (exact) mass is 2010 g/mol. The molecule has 0 atom stereocenters. The normalized spacial score (nSPS) is 13.9. The summed E-state index contributed by atoms with van der Waals surface area (Å²) in [6, 6.07) is 67.0. The molecule has 13 aromatic rings. The third-order valence-corrected chi connectivity index (χ3v) is 26.0. The lowest BCUT2D eigenvalue weighted by molar-refractivity contribution is -0.145. The molecular formula is C100H96Br2Cl6N12O11. The number of hydrogen-bond acceptors (Lipinski definition) is 20. The van der Waals surface area contributed by atoms with E-state index < -0.39 is 5.97 Å². The number of benzene rings is 10. The van der Waals surface area contributed by atoms with Gasteiger partial charge in [-0.2, -0.15) is 0 Å². The molecule has 31 heteroatoms. The molecule has 0 saturated carbocycles. The van der Waals surface area contributed by atoms with Crippen molar-refractivity contribution in [2.45, 2.75) is 98.9 Å². The van der Waals surface area contributed by atoms with Gasteiger partial charge < -0.3 is 54.9 Å². The number of nitrogens with two attached hydrogens (primary N) is 1. The maximum Gasteiger partial charge on any atom is 0.320 e. The van der Waals surface area contributed by atoms with Crippen LogP contribution in [-0.2, 0) is 114 Å². The SMILES string of the molecule is Brc1cccc2c1CNC2.CCOC(=O)CN1Cc2cccc(-c3ccc(OC)cc3Cl)c2C1.CCOC(=O)CN1Cc2cccc(Br)c2C1.COc1ccc(-c2cccc3c2CN(CC(=O)Nc2ccc(Cl)nc2N)C3)c(Cl)c1.COc1ccc(-c2cccc3c2CN(CC(=O)O)C3)c(Cl)c1.COc1ccc(-c2cccc3c2CN(Cc2nc4nc(Cl)ccc4[nH]2)C3)c(Cl)c1. The summed E-state index contributed by atoms with van der Waals surface area (Å²) in [5.74, 6) is 2.69. The van der Waals surface area contributed by atoms with E-state index in [0.29, 0.717) is 114 Å². The molecule has 0 radical (unpaired) electrons. The number of methoxy groups -OCH3 is 4. The summed E-state index contributed by atoms with van der Waals surface area (Å²) in [4.78, 5) is 73.2. The van der Waals surface area contributed by atoms with E-state index in [-0.39, 0.29) is 41.9 Å². The summed E-state index contributed by atoms with van der Waals surface area (Å²) in [7, 11) is 6.49. The largest absolute Gasteiger partial charge is 0.497 e. The molecule has 6 aliphatic rings. The molecule has 0 bridgehead atoms. The van der Waals surface area contributed by atoms with E-state index >= 15 is 0 Å². The average molecular weight is 2010 g/mol. The van der Waals surface area contributed by atoms with E-state index in [1.54, 1.807) is 58.8 Å². The Morgan fingerprint density at radius 2 is 0.771 bits per heavy atom. The number of H-pyrrole nitrogens is 1. The van der Waals surface area contributed by atoms with E-state index in [2.05, 4.69) is 149 Å². The number of ether oxygens (including phenoxy) is 6. The summed E-state index contributed by atoms with van der Waals surface area (Å²) in [6.07, 6.45) is 0. The van der Waals surface area contributed by atoms with E-state index in [4.69, 9.17) is 109 Å². The number of fused-ring (bicyclic) bond motifs is 7. The van der Waals surface area contributed by atoms with Gasteiger partial charge in [0.05, 0.1) is 106 Å². The minimum Gasteiger partial charge on any atom is -0.497 e. The highest BCUT2D eigenvalue weighted by Crippen LogP contribution is 2.44. The van der Waals surface area contributed by atoms with Gasteiger partial charge in [0.2, 0.25) is 5.91 Å². The van der Waals surface area contributed by atoms with Crippen LogP contribution in [0.25, 0.3) is 55.7 Å². The highest BCUT2D eigenvalue weighted by molar-refractivity contribution is 9.10. The van der Waals surface area contributed by atoms with Gasteiger partial charge in [-0.05, 0) is 212 Å². The Morgan fingerprint density at radius 3 is 1.17 bits per heavy atom. The van der Waals surface area contributed by atoms with Gasteiger partial charge >= 0.3 is 17.9 Å². The molecule has 678 valence electrons. The fraction of sp³-hybridized carbons (Fsp3) is 0.250. The minimum atomic E-state index is -0.808. The second kappa shape index (κ2) is 45.2. The first-order valence-electron chi connectivity index (χ1n) is 42.2. The molecule has 0 saturated heterocycles. The number of halogens is 8. The Kier molecular flexibility index (Phi) is 33.2. The van der Waals surface area contributed by atoms with Gasteiger partial charge in [-0.1, -0.05) is 199 Å². The van der Waals surface area contributed by atoms with Crippen LogP contribution in [-0.4, -0.2) is 141 Å². The van der Waals surface area contributed by atoms with Crippen LogP contribution < -0.4 is 35.3 Å². The summed E-state index contributed by atoms with van der Waals surface area (Å²) < 4.78 is 33.3. The lowest BCUT2D eigenvalue weighted by atomic mass is 9.97. The van der Waals surface area contributed by atoms with Crippen LogP contribution in [0.5, 0.6) is 23.0 Å². The van der Waals surface area contributed by atoms with Crippen molar-refractivity contribution < 1.29 is 52.7 Å². The van der Waals surface area contributed by atoms with Crippen LogP contribution >= 0.6 is 101 Å². The number of nitrogens with zero attached hydrogens (tertiary/aromatic N) is 8. The van der Waals surface area contributed by atoms with Crippen molar-refractivity contribution in [3.63, 3.8) is 0 Å². The number of carboxylic acid groups (broad SMARTS) is 1. The molecule has 19 rings (SSSR count). The predicted octanol–water partition coefficient (Wildman–Crippen LogP) is 21.7. The van der Waals surface area contributed by atoms with Crippen molar-refractivity contribution in [1.29, 1.82) is 0 Å². The van der Waals surface area contributed by atoms with Crippen molar-refractivity contribution in [1.82, 2.24) is 49.8 Å². The van der Waals surface area contributed by atoms with Gasteiger partial charge in [0, 0.05) is 110 Å². The number of aromatic amines is 1. The van der Waals surface area contributed by atoms with Crippen molar-refractivity contribution >= 4 is 148 Å². The lowest BCUT2D eigenvalue weighted by Gasteiger charge is -2.15. The van der Waals surface area contributed by atoms with Crippen LogP contribution in [0, 0.1) is 0 Å². The van der Waals surface area contributed by atoms with E-state index in [0.717, 1.165) is 129 Å². The zero-order chi connectivity index (χ0) is 92.5. The predicted molar refractivity (Wildman–Crippen MR) is 524 cm³/mol. The van der Waals surface area contributed by atoms with Gasteiger partial charge in [-0.15, -0.1) is 0 Å². The third kappa shape index (κ3) is 24.4. The molecule has 23 nitrogen and oxygen atoms in total. The van der Waals surface area contributed by atoms with Crippen LogP contribution in [0.4, 0.5) is 11.5 Å². The molecule has 0 fully saturated rings. The van der Waals surface area contributed by atoms with Gasteiger partial charge in [-0.3, -0.25) is 43.7 Å². The third-order valence-electron chi connectivity index (χ3n) is 22.8. The number of nitrogen functional groups attached to an aromatic ring is 1. The summed E-state index contributed by atoms with van der Waals surface area (Å²) in [5, 5.41) is 18.4. The number of aromatic nitrogens is 4. The van der Waals surface area contributed by atoms with Crippen molar-refractivity contribution in [3.05, 3.63) is 318 Å². The number of esters is 2. The number of hydrogen-bond donors (Lipinski definition) is 5. The molecule has 3 aromatic heterocycles. The smallest absolute Gasteiger partial charge is 0.320 e. The number of imidazole rings is 1. The molecule has 0 unspecified atom stereocenters. The molecule has 0 aliphatic carbocycles. The second-order valence-corrected chi connectivity index (χ2v) is 35.7. The van der Waals surface area contributed by atoms with Gasteiger partial charge in [-0.25, -0.2) is 15.0 Å². The van der Waals surface area contributed by atoms with Gasteiger partial charge in [0.15, 0.2) is 5.65 Å². The molecular weight excluding hydrogens is 1920 g/mol. The van der Waals surface area contributed by atoms with Crippen LogP contribution in [0.15, 0.2) is 215 Å².